The lowest BCUT2D eigenvalue weighted by molar-refractivity contribution is -0.137. The number of rotatable bonds is 8. The summed E-state index contributed by atoms with van der Waals surface area (Å²) in [6.45, 7) is 5.44. The minimum absolute atomic E-state index is 0.180. The molecule has 0 N–H and O–H groups in total. The van der Waals surface area contributed by atoms with Crippen molar-refractivity contribution in [1.82, 2.24) is 0 Å². The van der Waals surface area contributed by atoms with Gasteiger partial charge in [-0.1, -0.05) is 44.9 Å². The van der Waals surface area contributed by atoms with Gasteiger partial charge in [0.2, 0.25) is 5.83 Å². The molecule has 0 saturated carbocycles. The average Bonchev–Trinajstić information content (AvgIpc) is 2.98. The first kappa shape index (κ1) is 24.6. The third-order valence-electron chi connectivity index (χ3n) is 5.88. The molecular formula is C25H29BrFNO3S. The Kier molecular flexibility index (Phi) is 8.65. The molecule has 1 aliphatic rings. The quantitative estimate of drug-likeness (QED) is 0.202. The van der Waals surface area contributed by atoms with Crippen LogP contribution in [-0.2, 0) is 9.53 Å². The second kappa shape index (κ2) is 11.2. The smallest absolute Gasteiger partial charge is 0.370 e. The van der Waals surface area contributed by atoms with Gasteiger partial charge in [-0.25, -0.2) is 4.79 Å². The highest BCUT2D eigenvalue weighted by atomic mass is 79.9. The van der Waals surface area contributed by atoms with Crippen molar-refractivity contribution < 1.29 is 18.7 Å². The number of anilines is 2. The van der Waals surface area contributed by atoms with Gasteiger partial charge in [0.25, 0.3) is 0 Å². The van der Waals surface area contributed by atoms with Gasteiger partial charge in [0.1, 0.15) is 12.0 Å². The van der Waals surface area contributed by atoms with E-state index in [9.17, 15) is 9.18 Å². The van der Waals surface area contributed by atoms with Crippen LogP contribution in [0.4, 0.5) is 15.8 Å². The van der Waals surface area contributed by atoms with E-state index in [0.29, 0.717) is 10.2 Å². The van der Waals surface area contributed by atoms with Gasteiger partial charge in [0, 0.05) is 22.9 Å². The second-order valence-corrected chi connectivity index (χ2v) is 9.86. The van der Waals surface area contributed by atoms with Crippen molar-refractivity contribution in [2.45, 2.75) is 44.4 Å². The topological polar surface area (TPSA) is 38.8 Å². The summed E-state index contributed by atoms with van der Waals surface area (Å²) >= 11 is 5.37. The molecule has 0 saturated heterocycles. The third kappa shape index (κ3) is 5.67. The number of halogens is 2. The van der Waals surface area contributed by atoms with Gasteiger partial charge in [-0.2, -0.15) is 4.39 Å². The van der Waals surface area contributed by atoms with Crippen LogP contribution in [0.3, 0.4) is 0 Å². The molecule has 0 fully saturated rings. The number of nitrogens with zero attached hydrogens (tertiary/aromatic N) is 1. The van der Waals surface area contributed by atoms with E-state index in [-0.39, 0.29) is 5.41 Å². The lowest BCUT2D eigenvalue weighted by Gasteiger charge is -2.36. The maximum Gasteiger partial charge on any atom is 0.370 e. The molecule has 0 bridgehead atoms. The third-order valence-corrected chi connectivity index (χ3v) is 7.89. The Hall–Kier alpha value is -1.99. The standard InChI is InChI=1S/C25H29BrFNO3S/c1-4-6-12-25(5-2)16-28(18-10-8-7-9-11-18)21-13-19(26)22(14-23(21)32-17-25)31-15-20(27)24(29)30-3/h7-11,13-15H,4-6,12,16-17H2,1-3H3/b20-15-. The molecule has 7 heteroatoms. The minimum Gasteiger partial charge on any atom is -0.464 e. The molecule has 0 aromatic heterocycles. The molecule has 0 amide bonds. The average molecular weight is 522 g/mol. The fourth-order valence-corrected chi connectivity index (χ4v) is 5.66. The lowest BCUT2D eigenvalue weighted by Crippen LogP contribution is -2.35. The normalized spacial score (nSPS) is 18.7. The summed E-state index contributed by atoms with van der Waals surface area (Å²) in [5.74, 6) is -0.713. The first-order valence-electron chi connectivity index (χ1n) is 10.8. The summed E-state index contributed by atoms with van der Waals surface area (Å²) in [5.41, 5.74) is 2.41. The van der Waals surface area contributed by atoms with Crippen molar-refractivity contribution in [1.29, 1.82) is 0 Å². The summed E-state index contributed by atoms with van der Waals surface area (Å²) in [4.78, 5) is 14.8. The number of methoxy groups -OCH3 is 1. The van der Waals surface area contributed by atoms with Crippen LogP contribution in [0.5, 0.6) is 5.75 Å². The first-order chi connectivity index (χ1) is 15.4. The van der Waals surface area contributed by atoms with Gasteiger partial charge in [0.15, 0.2) is 0 Å². The molecule has 1 heterocycles. The zero-order valence-electron chi connectivity index (χ0n) is 18.7. The van der Waals surface area contributed by atoms with E-state index in [1.165, 1.54) is 19.3 Å². The van der Waals surface area contributed by atoms with Gasteiger partial charge in [0.05, 0.1) is 17.3 Å². The number of hydrogen-bond donors (Lipinski definition) is 0. The summed E-state index contributed by atoms with van der Waals surface area (Å²) in [6.07, 6.45) is 5.42. The van der Waals surface area contributed by atoms with Crippen LogP contribution >= 0.6 is 27.7 Å². The summed E-state index contributed by atoms with van der Waals surface area (Å²) in [6, 6.07) is 14.3. The number of benzene rings is 2. The van der Waals surface area contributed by atoms with Crippen LogP contribution in [0.2, 0.25) is 0 Å². The molecule has 0 aliphatic carbocycles. The van der Waals surface area contributed by atoms with Crippen molar-refractivity contribution in [2.75, 3.05) is 24.3 Å². The fraction of sp³-hybridized carbons (Fsp3) is 0.400. The van der Waals surface area contributed by atoms with Crippen LogP contribution in [0.25, 0.3) is 0 Å². The highest BCUT2D eigenvalue weighted by Crippen LogP contribution is 2.49. The molecule has 1 atom stereocenters. The number of esters is 1. The van der Waals surface area contributed by atoms with E-state index in [2.05, 4.69) is 63.7 Å². The highest BCUT2D eigenvalue weighted by Gasteiger charge is 2.35. The molecule has 3 rings (SSSR count). The summed E-state index contributed by atoms with van der Waals surface area (Å²) < 4.78 is 24.4. The Morgan fingerprint density at radius 1 is 1.28 bits per heavy atom. The first-order valence-corrected chi connectivity index (χ1v) is 12.6. The Morgan fingerprint density at radius 2 is 2.03 bits per heavy atom. The maximum absolute atomic E-state index is 13.8. The van der Waals surface area contributed by atoms with Gasteiger partial charge in [-0.15, -0.1) is 11.8 Å². The van der Waals surface area contributed by atoms with E-state index in [1.54, 1.807) is 0 Å². The summed E-state index contributed by atoms with van der Waals surface area (Å²) in [7, 11) is 1.13. The van der Waals surface area contributed by atoms with Crippen molar-refractivity contribution in [3.05, 3.63) is 59.0 Å². The number of carbonyl (C=O) groups excluding carboxylic acids is 1. The fourth-order valence-electron chi connectivity index (χ4n) is 3.83. The van der Waals surface area contributed by atoms with Crippen molar-refractivity contribution >= 4 is 45.0 Å². The van der Waals surface area contributed by atoms with E-state index >= 15 is 0 Å². The SMILES string of the molecule is CCCCC1(CC)CSc2cc(O/C=C(\F)C(=O)OC)c(Br)cc2N(c2ccccc2)C1. The van der Waals surface area contributed by atoms with E-state index in [4.69, 9.17) is 4.74 Å². The van der Waals surface area contributed by atoms with Crippen molar-refractivity contribution in [3.63, 3.8) is 0 Å². The molecule has 4 nitrogen and oxygen atoms in total. The number of para-hydroxylation sites is 1. The van der Waals surface area contributed by atoms with Crippen LogP contribution < -0.4 is 9.64 Å². The molecule has 0 radical (unpaired) electrons. The second-order valence-electron chi connectivity index (χ2n) is 7.99. The van der Waals surface area contributed by atoms with E-state index in [0.717, 1.165) is 48.4 Å². The van der Waals surface area contributed by atoms with Gasteiger partial charge >= 0.3 is 5.97 Å². The number of unbranched alkanes of at least 4 members (excludes halogenated alkanes) is 1. The zero-order chi connectivity index (χ0) is 23.1. The van der Waals surface area contributed by atoms with Crippen LogP contribution in [0, 0.1) is 5.41 Å². The van der Waals surface area contributed by atoms with Crippen molar-refractivity contribution in [3.8, 4) is 5.75 Å². The Bertz CT molecular complexity index is 969. The Balaban J connectivity index is 2.02. The molecule has 32 heavy (non-hydrogen) atoms. The van der Waals surface area contributed by atoms with Crippen LogP contribution in [0.1, 0.15) is 39.5 Å². The minimum atomic E-state index is -1.09. The monoisotopic (exact) mass is 521 g/mol. The molecule has 1 aliphatic heterocycles. The van der Waals surface area contributed by atoms with Gasteiger partial charge in [-0.05, 0) is 58.5 Å². The zero-order valence-corrected chi connectivity index (χ0v) is 21.1. The lowest BCUT2D eigenvalue weighted by atomic mass is 9.81. The number of ether oxygens (including phenoxy) is 2. The maximum atomic E-state index is 13.8. The molecule has 0 spiro atoms. The molecule has 2 aromatic rings. The summed E-state index contributed by atoms with van der Waals surface area (Å²) in [5, 5.41) is 0. The largest absolute Gasteiger partial charge is 0.464 e. The molecular weight excluding hydrogens is 493 g/mol. The Morgan fingerprint density at radius 3 is 2.69 bits per heavy atom. The van der Waals surface area contributed by atoms with Crippen LogP contribution in [-0.4, -0.2) is 25.4 Å². The Labute approximate surface area is 202 Å². The number of carbonyl (C=O) groups is 1. The predicted octanol–water partition coefficient (Wildman–Crippen LogP) is 7.64. The predicted molar refractivity (Wildman–Crippen MR) is 132 cm³/mol. The molecule has 1 unspecified atom stereocenters. The molecule has 172 valence electrons. The van der Waals surface area contributed by atoms with E-state index < -0.39 is 11.8 Å². The number of thioether (sulfide) groups is 1. The van der Waals surface area contributed by atoms with Gasteiger partial charge in [-0.3, -0.25) is 0 Å². The van der Waals surface area contributed by atoms with E-state index in [1.807, 2.05) is 30.0 Å². The van der Waals surface area contributed by atoms with Gasteiger partial charge < -0.3 is 14.4 Å². The van der Waals surface area contributed by atoms with Crippen molar-refractivity contribution in [2.24, 2.45) is 5.41 Å². The number of hydrogen-bond acceptors (Lipinski definition) is 5. The highest BCUT2D eigenvalue weighted by molar-refractivity contribution is 9.10. The molecule has 2 aromatic carbocycles. The van der Waals surface area contributed by atoms with Crippen LogP contribution in [0.15, 0.2) is 63.9 Å². The number of fused-ring (bicyclic) bond motifs is 1.